The molecule has 92 valence electrons. The smallest absolute Gasteiger partial charge is 0.254 e. The number of amides is 1. The van der Waals surface area contributed by atoms with Crippen molar-refractivity contribution >= 4 is 21.8 Å². The molecule has 4 heteroatoms. The SMILES string of the molecule is C[C@@H]1COCCN1C(=O)c1ccc(CBr)cc1. The summed E-state index contributed by atoms with van der Waals surface area (Å²) >= 11 is 3.39. The zero-order valence-corrected chi connectivity index (χ0v) is 11.4. The van der Waals surface area contributed by atoms with Gasteiger partial charge in [-0.25, -0.2) is 0 Å². The Hall–Kier alpha value is -0.870. The van der Waals surface area contributed by atoms with E-state index in [-0.39, 0.29) is 11.9 Å². The van der Waals surface area contributed by atoms with Gasteiger partial charge in [-0.3, -0.25) is 4.79 Å². The van der Waals surface area contributed by atoms with Crippen molar-refractivity contribution in [2.24, 2.45) is 0 Å². The summed E-state index contributed by atoms with van der Waals surface area (Å²) in [4.78, 5) is 14.2. The maximum absolute atomic E-state index is 12.3. The van der Waals surface area contributed by atoms with Gasteiger partial charge in [-0.05, 0) is 24.6 Å². The lowest BCUT2D eigenvalue weighted by atomic mass is 10.1. The van der Waals surface area contributed by atoms with Gasteiger partial charge >= 0.3 is 0 Å². The summed E-state index contributed by atoms with van der Waals surface area (Å²) in [7, 11) is 0. The minimum Gasteiger partial charge on any atom is -0.377 e. The zero-order valence-electron chi connectivity index (χ0n) is 9.86. The van der Waals surface area contributed by atoms with E-state index in [1.165, 1.54) is 5.56 Å². The molecule has 1 aromatic rings. The summed E-state index contributed by atoms with van der Waals surface area (Å²) in [6, 6.07) is 7.90. The summed E-state index contributed by atoms with van der Waals surface area (Å²) in [5.41, 5.74) is 1.93. The van der Waals surface area contributed by atoms with Gasteiger partial charge in [0, 0.05) is 17.4 Å². The lowest BCUT2D eigenvalue weighted by Gasteiger charge is -2.33. The summed E-state index contributed by atoms with van der Waals surface area (Å²) in [6.45, 7) is 3.96. The summed E-state index contributed by atoms with van der Waals surface area (Å²) in [5, 5.41) is 0.815. The van der Waals surface area contributed by atoms with Crippen LogP contribution in [0.3, 0.4) is 0 Å². The van der Waals surface area contributed by atoms with Crippen molar-refractivity contribution in [2.45, 2.75) is 18.3 Å². The van der Waals surface area contributed by atoms with Gasteiger partial charge in [0.2, 0.25) is 0 Å². The summed E-state index contributed by atoms with van der Waals surface area (Å²) in [6.07, 6.45) is 0. The van der Waals surface area contributed by atoms with Crippen LogP contribution in [0.5, 0.6) is 0 Å². The standard InChI is InChI=1S/C13H16BrNO2/c1-10-9-17-7-6-15(10)13(16)12-4-2-11(8-14)3-5-12/h2-5,10H,6-9H2,1H3/t10-/m1/s1. The van der Waals surface area contributed by atoms with Crippen molar-refractivity contribution in [3.05, 3.63) is 35.4 Å². The quantitative estimate of drug-likeness (QED) is 0.785. The highest BCUT2D eigenvalue weighted by Gasteiger charge is 2.24. The molecule has 0 radical (unpaired) electrons. The highest BCUT2D eigenvalue weighted by atomic mass is 79.9. The van der Waals surface area contributed by atoms with E-state index < -0.39 is 0 Å². The Bertz CT molecular complexity index is 391. The molecule has 0 aromatic heterocycles. The molecule has 1 fully saturated rings. The molecule has 0 saturated carbocycles. The van der Waals surface area contributed by atoms with Crippen LogP contribution in [0.2, 0.25) is 0 Å². The van der Waals surface area contributed by atoms with Crippen LogP contribution in [-0.2, 0) is 10.1 Å². The molecule has 3 nitrogen and oxygen atoms in total. The number of ether oxygens (including phenoxy) is 1. The number of benzene rings is 1. The second kappa shape index (κ2) is 5.65. The van der Waals surface area contributed by atoms with Crippen LogP contribution < -0.4 is 0 Å². The Morgan fingerprint density at radius 3 is 2.76 bits per heavy atom. The first-order valence-electron chi connectivity index (χ1n) is 5.76. The highest BCUT2D eigenvalue weighted by Crippen LogP contribution is 2.14. The summed E-state index contributed by atoms with van der Waals surface area (Å²) < 4.78 is 5.33. The minimum atomic E-state index is 0.0990. The van der Waals surface area contributed by atoms with Crippen LogP contribution in [0.1, 0.15) is 22.8 Å². The monoisotopic (exact) mass is 297 g/mol. The van der Waals surface area contributed by atoms with E-state index in [0.717, 1.165) is 10.9 Å². The number of morpholine rings is 1. The Morgan fingerprint density at radius 1 is 1.47 bits per heavy atom. The fraction of sp³-hybridized carbons (Fsp3) is 0.462. The lowest BCUT2D eigenvalue weighted by Crippen LogP contribution is -2.47. The van der Waals surface area contributed by atoms with E-state index in [0.29, 0.717) is 19.8 Å². The number of halogens is 1. The van der Waals surface area contributed by atoms with Crippen LogP contribution in [0.4, 0.5) is 0 Å². The van der Waals surface area contributed by atoms with Gasteiger partial charge < -0.3 is 9.64 Å². The molecule has 0 spiro atoms. The van der Waals surface area contributed by atoms with Gasteiger partial charge in [0.15, 0.2) is 0 Å². The molecule has 1 saturated heterocycles. The average Bonchev–Trinajstić information content (AvgIpc) is 2.39. The fourth-order valence-electron chi connectivity index (χ4n) is 1.93. The first kappa shape index (κ1) is 12.6. The number of hydrogen-bond donors (Lipinski definition) is 0. The molecule has 0 unspecified atom stereocenters. The van der Waals surface area contributed by atoms with Crippen molar-refractivity contribution in [1.82, 2.24) is 4.90 Å². The van der Waals surface area contributed by atoms with Crippen molar-refractivity contribution in [3.8, 4) is 0 Å². The molecule has 1 atom stereocenters. The largest absolute Gasteiger partial charge is 0.377 e. The van der Waals surface area contributed by atoms with E-state index in [9.17, 15) is 4.79 Å². The van der Waals surface area contributed by atoms with Crippen LogP contribution >= 0.6 is 15.9 Å². The van der Waals surface area contributed by atoms with Gasteiger partial charge in [0.05, 0.1) is 19.3 Å². The molecule has 1 aliphatic rings. The van der Waals surface area contributed by atoms with E-state index >= 15 is 0 Å². The van der Waals surface area contributed by atoms with E-state index in [1.807, 2.05) is 36.1 Å². The van der Waals surface area contributed by atoms with Gasteiger partial charge in [-0.2, -0.15) is 0 Å². The maximum atomic E-state index is 12.3. The molecular weight excluding hydrogens is 282 g/mol. The lowest BCUT2D eigenvalue weighted by molar-refractivity contribution is 0.00359. The first-order valence-corrected chi connectivity index (χ1v) is 6.88. The predicted molar refractivity (Wildman–Crippen MR) is 70.4 cm³/mol. The Balaban J connectivity index is 2.12. The third-order valence-electron chi connectivity index (χ3n) is 2.98. The number of carbonyl (C=O) groups excluding carboxylic acids is 1. The van der Waals surface area contributed by atoms with Crippen LogP contribution in [0.15, 0.2) is 24.3 Å². The van der Waals surface area contributed by atoms with Crippen LogP contribution in [-0.4, -0.2) is 36.6 Å². The molecule has 1 aliphatic heterocycles. The van der Waals surface area contributed by atoms with Crippen LogP contribution in [0, 0.1) is 0 Å². The number of alkyl halides is 1. The Labute approximate surface area is 110 Å². The fourth-order valence-corrected chi connectivity index (χ4v) is 2.30. The predicted octanol–water partition coefficient (Wildman–Crippen LogP) is 2.44. The summed E-state index contributed by atoms with van der Waals surface area (Å²) in [5.74, 6) is 0.0990. The third-order valence-corrected chi connectivity index (χ3v) is 3.63. The van der Waals surface area contributed by atoms with Gasteiger partial charge in [-0.1, -0.05) is 28.1 Å². The van der Waals surface area contributed by atoms with E-state index in [2.05, 4.69) is 15.9 Å². The molecule has 1 aromatic carbocycles. The third kappa shape index (κ3) is 2.87. The normalized spacial score (nSPS) is 20.4. The molecule has 17 heavy (non-hydrogen) atoms. The van der Waals surface area contributed by atoms with Gasteiger partial charge in [0.1, 0.15) is 0 Å². The number of hydrogen-bond acceptors (Lipinski definition) is 2. The second-order valence-corrected chi connectivity index (χ2v) is 4.81. The molecule has 0 bridgehead atoms. The van der Waals surface area contributed by atoms with Crippen molar-refractivity contribution in [1.29, 1.82) is 0 Å². The zero-order chi connectivity index (χ0) is 12.3. The molecule has 0 N–H and O–H groups in total. The van der Waals surface area contributed by atoms with E-state index in [4.69, 9.17) is 4.74 Å². The maximum Gasteiger partial charge on any atom is 0.254 e. The number of carbonyl (C=O) groups is 1. The molecule has 2 rings (SSSR count). The van der Waals surface area contributed by atoms with Crippen molar-refractivity contribution in [3.63, 3.8) is 0 Å². The second-order valence-electron chi connectivity index (χ2n) is 4.25. The van der Waals surface area contributed by atoms with Crippen LogP contribution in [0.25, 0.3) is 0 Å². The molecule has 0 aliphatic carbocycles. The van der Waals surface area contributed by atoms with Crippen molar-refractivity contribution < 1.29 is 9.53 Å². The number of nitrogens with zero attached hydrogens (tertiary/aromatic N) is 1. The Kier molecular flexibility index (Phi) is 4.18. The van der Waals surface area contributed by atoms with Gasteiger partial charge in [0.25, 0.3) is 5.91 Å². The minimum absolute atomic E-state index is 0.0990. The Morgan fingerprint density at radius 2 is 2.18 bits per heavy atom. The average molecular weight is 298 g/mol. The highest BCUT2D eigenvalue weighted by molar-refractivity contribution is 9.08. The first-order chi connectivity index (χ1) is 8.22. The molecule has 1 amide bonds. The number of rotatable bonds is 2. The van der Waals surface area contributed by atoms with Crippen molar-refractivity contribution in [2.75, 3.05) is 19.8 Å². The molecular formula is C13H16BrNO2. The van der Waals surface area contributed by atoms with Gasteiger partial charge in [-0.15, -0.1) is 0 Å². The topological polar surface area (TPSA) is 29.5 Å². The van der Waals surface area contributed by atoms with E-state index in [1.54, 1.807) is 0 Å². The molecule has 1 heterocycles.